The molecule has 2 heterocycles. The summed E-state index contributed by atoms with van der Waals surface area (Å²) in [7, 11) is 0. The number of hydrogen-bond donors (Lipinski definition) is 0. The molecule has 2 aromatic heterocycles. The average molecular weight is 395 g/mol. The molecule has 0 bridgehead atoms. The first kappa shape index (κ1) is 19.8. The summed E-state index contributed by atoms with van der Waals surface area (Å²) in [5, 5.41) is 9.60. The van der Waals surface area contributed by atoms with Gasteiger partial charge in [0.25, 0.3) is 0 Å². The van der Waals surface area contributed by atoms with Gasteiger partial charge in [-0.3, -0.25) is 0 Å². The Hall–Kier alpha value is -3.45. The number of benzene rings is 2. The highest BCUT2D eigenvalue weighted by Gasteiger charge is 2.14. The molecule has 0 saturated heterocycles. The summed E-state index contributed by atoms with van der Waals surface area (Å²) in [6.45, 7) is 5.02. The van der Waals surface area contributed by atoms with E-state index in [1.165, 1.54) is 11.1 Å². The van der Waals surface area contributed by atoms with E-state index >= 15 is 0 Å². The summed E-state index contributed by atoms with van der Waals surface area (Å²) in [5.41, 5.74) is 6.57. The Morgan fingerprint density at radius 3 is 2.43 bits per heavy atom. The minimum Gasteiger partial charge on any atom is -0.308 e. The van der Waals surface area contributed by atoms with Crippen molar-refractivity contribution in [3.63, 3.8) is 0 Å². The van der Waals surface area contributed by atoms with E-state index in [0.717, 1.165) is 53.9 Å². The van der Waals surface area contributed by atoms with Gasteiger partial charge in [0.2, 0.25) is 0 Å². The van der Waals surface area contributed by atoms with E-state index in [0.29, 0.717) is 0 Å². The quantitative estimate of drug-likeness (QED) is 0.410. The third-order valence-corrected chi connectivity index (χ3v) is 5.55. The summed E-state index contributed by atoms with van der Waals surface area (Å²) in [4.78, 5) is 9.47. The van der Waals surface area contributed by atoms with Gasteiger partial charge in [-0.25, -0.2) is 9.97 Å². The van der Waals surface area contributed by atoms with Gasteiger partial charge in [0.05, 0.1) is 18.5 Å². The molecule has 4 heteroatoms. The zero-order valence-electron chi connectivity index (χ0n) is 17.5. The second kappa shape index (κ2) is 8.92. The van der Waals surface area contributed by atoms with Gasteiger partial charge >= 0.3 is 0 Å². The second-order valence-electron chi connectivity index (χ2n) is 7.78. The fourth-order valence-corrected chi connectivity index (χ4v) is 3.89. The highest BCUT2D eigenvalue weighted by molar-refractivity contribution is 5.75. The number of nitrogens with zero attached hydrogens (tertiary/aromatic N) is 4. The summed E-state index contributed by atoms with van der Waals surface area (Å²) in [6.07, 6.45) is 4.57. The number of rotatable bonds is 7. The zero-order chi connectivity index (χ0) is 20.9. The van der Waals surface area contributed by atoms with Gasteiger partial charge in [-0.15, -0.1) is 0 Å². The van der Waals surface area contributed by atoms with Crippen molar-refractivity contribution < 1.29 is 0 Å². The highest BCUT2D eigenvalue weighted by Crippen LogP contribution is 2.22. The Morgan fingerprint density at radius 1 is 1.00 bits per heavy atom. The van der Waals surface area contributed by atoms with Crippen LogP contribution in [0, 0.1) is 18.3 Å². The first-order chi connectivity index (χ1) is 14.7. The van der Waals surface area contributed by atoms with Gasteiger partial charge < -0.3 is 4.57 Å². The minimum atomic E-state index is -0.127. The van der Waals surface area contributed by atoms with E-state index in [4.69, 9.17) is 4.98 Å². The topological polar surface area (TPSA) is 54.5 Å². The van der Waals surface area contributed by atoms with Crippen molar-refractivity contribution in [1.29, 1.82) is 5.26 Å². The molecule has 1 unspecified atom stereocenters. The van der Waals surface area contributed by atoms with Crippen molar-refractivity contribution in [3.05, 3.63) is 94.9 Å². The number of imidazole rings is 1. The third-order valence-electron chi connectivity index (χ3n) is 5.55. The SMILES string of the molecule is CCCc1nc2c(C)ccnc2n1Cc1ccc(CC(C#N)c2ccccc2)cc1. The molecule has 0 N–H and O–H groups in total. The number of pyridine rings is 1. The van der Waals surface area contributed by atoms with E-state index in [-0.39, 0.29) is 5.92 Å². The van der Waals surface area contributed by atoms with Crippen LogP contribution in [0.4, 0.5) is 0 Å². The number of hydrogen-bond acceptors (Lipinski definition) is 3. The smallest absolute Gasteiger partial charge is 0.160 e. The molecule has 0 fully saturated rings. The second-order valence-corrected chi connectivity index (χ2v) is 7.78. The standard InChI is InChI=1S/C26H26N4/c1-3-7-24-29-25-19(2)14-15-28-26(25)30(24)18-21-12-10-20(11-13-21)16-23(17-27)22-8-5-4-6-9-22/h4-6,8-15,23H,3,7,16,18H2,1-2H3. The molecule has 0 aliphatic carbocycles. The highest BCUT2D eigenvalue weighted by atomic mass is 15.1. The predicted molar refractivity (Wildman–Crippen MR) is 120 cm³/mol. The van der Waals surface area contributed by atoms with Crippen LogP contribution in [0.5, 0.6) is 0 Å². The van der Waals surface area contributed by atoms with Crippen molar-refractivity contribution in [1.82, 2.24) is 14.5 Å². The van der Waals surface area contributed by atoms with E-state index in [1.807, 2.05) is 42.6 Å². The van der Waals surface area contributed by atoms with Crippen molar-refractivity contribution in [2.24, 2.45) is 0 Å². The Balaban J connectivity index is 1.56. The molecule has 4 nitrogen and oxygen atoms in total. The van der Waals surface area contributed by atoms with E-state index in [2.05, 4.69) is 53.7 Å². The molecule has 0 amide bonds. The van der Waals surface area contributed by atoms with Gasteiger partial charge in [0.1, 0.15) is 11.3 Å². The van der Waals surface area contributed by atoms with Gasteiger partial charge in [0, 0.05) is 12.6 Å². The Morgan fingerprint density at radius 2 is 1.73 bits per heavy atom. The molecule has 0 radical (unpaired) electrons. The fourth-order valence-electron chi connectivity index (χ4n) is 3.89. The lowest BCUT2D eigenvalue weighted by molar-refractivity contribution is 0.716. The Bertz CT molecular complexity index is 1170. The minimum absolute atomic E-state index is 0.127. The van der Waals surface area contributed by atoms with E-state index < -0.39 is 0 Å². The molecular formula is C26H26N4. The first-order valence-electron chi connectivity index (χ1n) is 10.5. The van der Waals surface area contributed by atoms with Crippen molar-refractivity contribution >= 4 is 11.2 Å². The lowest BCUT2D eigenvalue weighted by atomic mass is 9.93. The predicted octanol–water partition coefficient (Wildman–Crippen LogP) is 5.59. The summed E-state index contributed by atoms with van der Waals surface area (Å²) < 4.78 is 2.24. The molecule has 0 saturated carbocycles. The molecule has 4 aromatic rings. The summed E-state index contributed by atoms with van der Waals surface area (Å²) >= 11 is 0. The van der Waals surface area contributed by atoms with Crippen molar-refractivity contribution in [2.75, 3.05) is 0 Å². The monoisotopic (exact) mass is 394 g/mol. The Labute approximate surface area is 177 Å². The largest absolute Gasteiger partial charge is 0.308 e. The molecule has 0 aliphatic heterocycles. The molecule has 0 aliphatic rings. The van der Waals surface area contributed by atoms with Crippen molar-refractivity contribution in [3.8, 4) is 6.07 Å². The molecule has 2 aromatic carbocycles. The van der Waals surface area contributed by atoms with Crippen LogP contribution < -0.4 is 0 Å². The van der Waals surface area contributed by atoms with E-state index in [9.17, 15) is 5.26 Å². The van der Waals surface area contributed by atoms with Crippen LogP contribution in [-0.2, 0) is 19.4 Å². The molecule has 30 heavy (non-hydrogen) atoms. The summed E-state index contributed by atoms with van der Waals surface area (Å²) in [6, 6.07) is 23.1. The van der Waals surface area contributed by atoms with E-state index in [1.54, 1.807) is 0 Å². The number of aromatic nitrogens is 3. The summed E-state index contributed by atoms with van der Waals surface area (Å²) in [5.74, 6) is 0.963. The van der Waals surface area contributed by atoms with Crippen LogP contribution in [0.25, 0.3) is 11.2 Å². The number of fused-ring (bicyclic) bond motifs is 1. The number of nitriles is 1. The first-order valence-corrected chi connectivity index (χ1v) is 10.5. The molecular weight excluding hydrogens is 368 g/mol. The van der Waals surface area contributed by atoms with Gasteiger partial charge in [0.15, 0.2) is 5.65 Å². The molecule has 0 spiro atoms. The number of aryl methyl sites for hydroxylation is 2. The van der Waals surface area contributed by atoms with Crippen LogP contribution in [-0.4, -0.2) is 14.5 Å². The van der Waals surface area contributed by atoms with Crippen LogP contribution >= 0.6 is 0 Å². The Kier molecular flexibility index (Phi) is 5.90. The van der Waals surface area contributed by atoms with Crippen LogP contribution in [0.1, 0.15) is 47.3 Å². The third kappa shape index (κ3) is 4.11. The zero-order valence-corrected chi connectivity index (χ0v) is 17.5. The van der Waals surface area contributed by atoms with Crippen molar-refractivity contribution in [2.45, 2.75) is 45.6 Å². The van der Waals surface area contributed by atoms with Gasteiger partial charge in [-0.2, -0.15) is 5.26 Å². The maximum Gasteiger partial charge on any atom is 0.160 e. The maximum absolute atomic E-state index is 9.60. The lowest BCUT2D eigenvalue weighted by Crippen LogP contribution is -2.06. The molecule has 1 atom stereocenters. The van der Waals surface area contributed by atoms with Crippen LogP contribution in [0.2, 0.25) is 0 Å². The molecule has 150 valence electrons. The fraction of sp³-hybridized carbons (Fsp3) is 0.269. The van der Waals surface area contributed by atoms with Gasteiger partial charge in [-0.05, 0) is 48.1 Å². The van der Waals surface area contributed by atoms with Crippen LogP contribution in [0.3, 0.4) is 0 Å². The van der Waals surface area contributed by atoms with Gasteiger partial charge in [-0.1, -0.05) is 61.5 Å². The lowest BCUT2D eigenvalue weighted by Gasteiger charge is -2.11. The van der Waals surface area contributed by atoms with Crippen LogP contribution in [0.15, 0.2) is 66.9 Å². The average Bonchev–Trinajstić information content (AvgIpc) is 3.12. The maximum atomic E-state index is 9.60. The molecule has 4 rings (SSSR count). The normalized spacial score (nSPS) is 12.0.